The molecule has 96 valence electrons. The molecule has 0 unspecified atom stereocenters. The molecule has 1 heterocycles. The summed E-state index contributed by atoms with van der Waals surface area (Å²) in [4.78, 5) is 4.23. The zero-order valence-electron chi connectivity index (χ0n) is 9.57. The monoisotopic (exact) mass is 302 g/mol. The van der Waals surface area contributed by atoms with Crippen LogP contribution in [0.25, 0.3) is 0 Å². The second-order valence-electron chi connectivity index (χ2n) is 3.66. The van der Waals surface area contributed by atoms with Crippen LogP contribution >= 0.6 is 35.6 Å². The summed E-state index contributed by atoms with van der Waals surface area (Å²) in [5, 5.41) is 4.63. The Labute approximate surface area is 123 Å². The first-order valence-corrected chi connectivity index (χ1v) is 6.06. The van der Waals surface area contributed by atoms with E-state index in [1.54, 1.807) is 12.3 Å². The number of benzene rings is 1. The van der Waals surface area contributed by atoms with Crippen molar-refractivity contribution in [2.45, 2.75) is 13.1 Å². The van der Waals surface area contributed by atoms with E-state index in [-0.39, 0.29) is 12.4 Å². The summed E-state index contributed by atoms with van der Waals surface area (Å²) in [5.74, 6) is 0. The molecule has 2 aromatic rings. The van der Waals surface area contributed by atoms with Gasteiger partial charge >= 0.3 is 0 Å². The molecule has 0 spiro atoms. The number of rotatable bonds is 4. The van der Waals surface area contributed by atoms with E-state index < -0.39 is 0 Å². The normalized spacial score (nSPS) is 9.89. The van der Waals surface area contributed by atoms with Crippen molar-refractivity contribution < 1.29 is 0 Å². The van der Waals surface area contributed by atoms with Crippen LogP contribution in [0.4, 0.5) is 0 Å². The largest absolute Gasteiger partial charge is 0.307 e. The zero-order valence-corrected chi connectivity index (χ0v) is 11.9. The summed E-state index contributed by atoms with van der Waals surface area (Å²) in [6.45, 7) is 1.42. The molecule has 0 saturated carbocycles. The van der Waals surface area contributed by atoms with Crippen molar-refractivity contribution in [3.8, 4) is 0 Å². The summed E-state index contributed by atoms with van der Waals surface area (Å²) in [5.41, 5.74) is 2.05. The molecule has 0 aliphatic heterocycles. The predicted molar refractivity (Wildman–Crippen MR) is 78.5 cm³/mol. The van der Waals surface area contributed by atoms with Crippen LogP contribution in [0.15, 0.2) is 42.6 Å². The van der Waals surface area contributed by atoms with Gasteiger partial charge in [0.15, 0.2) is 0 Å². The van der Waals surface area contributed by atoms with Gasteiger partial charge in [-0.2, -0.15) is 0 Å². The quantitative estimate of drug-likeness (QED) is 0.920. The molecule has 0 fully saturated rings. The van der Waals surface area contributed by atoms with Gasteiger partial charge < -0.3 is 5.32 Å². The molecule has 2 nitrogen and oxygen atoms in total. The summed E-state index contributed by atoms with van der Waals surface area (Å²) >= 11 is 11.9. The fourth-order valence-corrected chi connectivity index (χ4v) is 1.97. The van der Waals surface area contributed by atoms with E-state index in [9.17, 15) is 0 Å². The molecule has 0 saturated heterocycles. The van der Waals surface area contributed by atoms with Crippen LogP contribution in [0.5, 0.6) is 0 Å². The van der Waals surface area contributed by atoms with Crippen molar-refractivity contribution in [3.63, 3.8) is 0 Å². The van der Waals surface area contributed by atoms with Crippen LogP contribution in [-0.4, -0.2) is 4.98 Å². The number of hydrogen-bond donors (Lipinski definition) is 1. The minimum atomic E-state index is 0. The molecule has 1 aromatic carbocycles. The molecule has 0 aliphatic rings. The van der Waals surface area contributed by atoms with E-state index in [1.807, 2.05) is 30.3 Å². The number of hydrogen-bond acceptors (Lipinski definition) is 2. The van der Waals surface area contributed by atoms with E-state index >= 15 is 0 Å². The second kappa shape index (κ2) is 7.59. The van der Waals surface area contributed by atoms with Crippen LogP contribution in [0.1, 0.15) is 11.3 Å². The van der Waals surface area contributed by atoms with Crippen molar-refractivity contribution in [3.05, 3.63) is 63.9 Å². The van der Waals surface area contributed by atoms with Gasteiger partial charge in [0.05, 0.1) is 5.69 Å². The summed E-state index contributed by atoms with van der Waals surface area (Å²) in [6.07, 6.45) is 1.78. The lowest BCUT2D eigenvalue weighted by atomic mass is 10.2. The van der Waals surface area contributed by atoms with Crippen molar-refractivity contribution in [1.29, 1.82) is 0 Å². The third-order valence-corrected chi connectivity index (χ3v) is 2.95. The van der Waals surface area contributed by atoms with Crippen LogP contribution in [-0.2, 0) is 13.1 Å². The smallest absolute Gasteiger partial charge is 0.0541 e. The highest BCUT2D eigenvalue weighted by molar-refractivity contribution is 6.35. The average Bonchev–Trinajstić information content (AvgIpc) is 2.33. The van der Waals surface area contributed by atoms with E-state index in [1.165, 1.54) is 0 Å². The molecule has 18 heavy (non-hydrogen) atoms. The third kappa shape index (κ3) is 4.46. The van der Waals surface area contributed by atoms with Crippen LogP contribution in [0, 0.1) is 0 Å². The van der Waals surface area contributed by atoms with Crippen molar-refractivity contribution in [2.24, 2.45) is 0 Å². The zero-order chi connectivity index (χ0) is 12.1. The number of nitrogens with zero attached hydrogens (tertiary/aromatic N) is 1. The Morgan fingerprint density at radius 3 is 2.56 bits per heavy atom. The molecular weight excluding hydrogens is 291 g/mol. The number of pyridine rings is 1. The van der Waals surface area contributed by atoms with Gasteiger partial charge in [0.2, 0.25) is 0 Å². The molecule has 0 amide bonds. The Morgan fingerprint density at radius 2 is 1.89 bits per heavy atom. The van der Waals surface area contributed by atoms with Crippen LogP contribution < -0.4 is 5.32 Å². The molecule has 0 atom stereocenters. The van der Waals surface area contributed by atoms with Gasteiger partial charge in [0.25, 0.3) is 0 Å². The highest BCUT2D eigenvalue weighted by Crippen LogP contribution is 2.20. The van der Waals surface area contributed by atoms with Crippen LogP contribution in [0.2, 0.25) is 10.0 Å². The molecule has 0 radical (unpaired) electrons. The third-order valence-electron chi connectivity index (χ3n) is 2.36. The molecular formula is C13H13Cl3N2. The predicted octanol–water partition coefficient (Wildman–Crippen LogP) is 4.10. The number of nitrogens with one attached hydrogen (secondary N) is 1. The Kier molecular flexibility index (Phi) is 6.44. The molecule has 1 N–H and O–H groups in total. The fraction of sp³-hybridized carbons (Fsp3) is 0.154. The lowest BCUT2D eigenvalue weighted by Gasteiger charge is -2.06. The number of halogens is 3. The molecule has 0 bridgehead atoms. The summed E-state index contributed by atoms with van der Waals surface area (Å²) in [7, 11) is 0. The maximum atomic E-state index is 6.07. The number of aromatic nitrogens is 1. The Hall–Kier alpha value is -0.800. The van der Waals surface area contributed by atoms with Crippen molar-refractivity contribution >= 4 is 35.6 Å². The maximum Gasteiger partial charge on any atom is 0.0541 e. The first-order chi connectivity index (χ1) is 8.25. The van der Waals surface area contributed by atoms with E-state index in [0.29, 0.717) is 16.6 Å². The highest BCUT2D eigenvalue weighted by Gasteiger charge is 2.01. The summed E-state index contributed by atoms with van der Waals surface area (Å²) < 4.78 is 0. The van der Waals surface area contributed by atoms with E-state index in [4.69, 9.17) is 23.2 Å². The maximum absolute atomic E-state index is 6.07. The van der Waals surface area contributed by atoms with Gasteiger partial charge in [-0.05, 0) is 29.8 Å². The lowest BCUT2D eigenvalue weighted by Crippen LogP contribution is -2.13. The standard InChI is InChI=1S/C13H12Cl2N2.ClH/c14-11-5-4-10(13(15)7-11)8-16-9-12-3-1-2-6-17-12;/h1-7,16H,8-9H2;1H. The topological polar surface area (TPSA) is 24.9 Å². The molecule has 5 heteroatoms. The molecule has 2 rings (SSSR count). The summed E-state index contributed by atoms with van der Waals surface area (Å²) in [6, 6.07) is 11.4. The first kappa shape index (κ1) is 15.3. The van der Waals surface area contributed by atoms with Gasteiger partial charge in [-0.25, -0.2) is 0 Å². The SMILES string of the molecule is Cl.Clc1ccc(CNCc2ccccn2)c(Cl)c1. The molecule has 0 aliphatic carbocycles. The van der Waals surface area contributed by atoms with E-state index in [2.05, 4.69) is 10.3 Å². The van der Waals surface area contributed by atoms with Gasteiger partial charge in [-0.15, -0.1) is 12.4 Å². The van der Waals surface area contributed by atoms with E-state index in [0.717, 1.165) is 17.8 Å². The average molecular weight is 304 g/mol. The van der Waals surface area contributed by atoms with Crippen molar-refractivity contribution in [1.82, 2.24) is 10.3 Å². The first-order valence-electron chi connectivity index (χ1n) is 5.30. The lowest BCUT2D eigenvalue weighted by molar-refractivity contribution is 0.680. The van der Waals surface area contributed by atoms with Gasteiger partial charge in [-0.1, -0.05) is 35.3 Å². The second-order valence-corrected chi connectivity index (χ2v) is 4.50. The highest BCUT2D eigenvalue weighted by atomic mass is 35.5. The fourth-order valence-electron chi connectivity index (χ4n) is 1.49. The van der Waals surface area contributed by atoms with Gasteiger partial charge in [-0.3, -0.25) is 4.98 Å². The van der Waals surface area contributed by atoms with Crippen LogP contribution in [0.3, 0.4) is 0 Å². The minimum Gasteiger partial charge on any atom is -0.307 e. The Morgan fingerprint density at radius 1 is 1.06 bits per heavy atom. The van der Waals surface area contributed by atoms with Gasteiger partial charge in [0, 0.05) is 29.3 Å². The minimum absolute atomic E-state index is 0. The van der Waals surface area contributed by atoms with Gasteiger partial charge in [0.1, 0.15) is 0 Å². The molecule has 1 aromatic heterocycles. The van der Waals surface area contributed by atoms with Crippen molar-refractivity contribution in [2.75, 3.05) is 0 Å². The Bertz CT molecular complexity index is 489. The Balaban J connectivity index is 0.00000162.